The van der Waals surface area contributed by atoms with Crippen LogP contribution in [0.1, 0.15) is 25.3 Å². The molecule has 0 spiro atoms. The molecule has 3 N–H and O–H groups in total. The van der Waals surface area contributed by atoms with Crippen molar-refractivity contribution in [3.63, 3.8) is 0 Å². The highest BCUT2D eigenvalue weighted by molar-refractivity contribution is 5.27. The van der Waals surface area contributed by atoms with E-state index in [4.69, 9.17) is 9.84 Å². The third kappa shape index (κ3) is 6.89. The van der Waals surface area contributed by atoms with Crippen molar-refractivity contribution in [2.24, 2.45) is 5.92 Å². The Morgan fingerprint density at radius 2 is 2.10 bits per heavy atom. The fourth-order valence-electron chi connectivity index (χ4n) is 2.04. The van der Waals surface area contributed by atoms with Gasteiger partial charge < -0.3 is 20.3 Å². The third-order valence-electron chi connectivity index (χ3n) is 3.36. The molecule has 0 saturated carbocycles. The second-order valence-electron chi connectivity index (χ2n) is 5.23. The molecule has 0 bridgehead atoms. The maximum Gasteiger partial charge on any atom is 0.119 e. The summed E-state index contributed by atoms with van der Waals surface area (Å²) in [6.07, 6.45) is 1.31. The molecule has 4 nitrogen and oxygen atoms in total. The third-order valence-corrected chi connectivity index (χ3v) is 3.36. The zero-order valence-electron chi connectivity index (χ0n) is 12.5. The van der Waals surface area contributed by atoms with Crippen molar-refractivity contribution in [3.8, 4) is 5.75 Å². The molecule has 0 saturated heterocycles. The van der Waals surface area contributed by atoms with Gasteiger partial charge in [-0.05, 0) is 43.5 Å². The summed E-state index contributed by atoms with van der Waals surface area (Å²) in [4.78, 5) is 0. The number of hydrogen-bond acceptors (Lipinski definition) is 4. The van der Waals surface area contributed by atoms with E-state index < -0.39 is 6.10 Å². The topological polar surface area (TPSA) is 61.7 Å². The zero-order valence-corrected chi connectivity index (χ0v) is 12.5. The van der Waals surface area contributed by atoms with Gasteiger partial charge in [0.25, 0.3) is 0 Å². The largest absolute Gasteiger partial charge is 0.491 e. The molecule has 0 aliphatic rings. The second-order valence-corrected chi connectivity index (χ2v) is 5.23. The van der Waals surface area contributed by atoms with Crippen LogP contribution < -0.4 is 10.1 Å². The first-order valence-corrected chi connectivity index (χ1v) is 7.34. The Balaban J connectivity index is 2.18. The SMILES string of the molecule is CCC(CCO)CNCC(O)COc1cccc(C)c1. The van der Waals surface area contributed by atoms with Crippen LogP contribution in [0.3, 0.4) is 0 Å². The van der Waals surface area contributed by atoms with E-state index in [0.29, 0.717) is 12.5 Å². The minimum atomic E-state index is -0.526. The van der Waals surface area contributed by atoms with Crippen molar-refractivity contribution in [1.82, 2.24) is 5.32 Å². The molecule has 2 unspecified atom stereocenters. The minimum Gasteiger partial charge on any atom is -0.491 e. The van der Waals surface area contributed by atoms with Crippen molar-refractivity contribution in [2.45, 2.75) is 32.8 Å². The Morgan fingerprint density at radius 1 is 1.30 bits per heavy atom. The molecular weight excluding hydrogens is 254 g/mol. The van der Waals surface area contributed by atoms with Gasteiger partial charge in [0.15, 0.2) is 0 Å². The van der Waals surface area contributed by atoms with Crippen LogP contribution in [-0.4, -0.2) is 42.6 Å². The van der Waals surface area contributed by atoms with E-state index in [9.17, 15) is 5.11 Å². The number of hydrogen-bond donors (Lipinski definition) is 3. The lowest BCUT2D eigenvalue weighted by atomic mass is 10.0. The molecule has 0 amide bonds. The predicted molar refractivity (Wildman–Crippen MR) is 81.0 cm³/mol. The summed E-state index contributed by atoms with van der Waals surface area (Å²) < 4.78 is 5.55. The Bertz CT molecular complexity index is 370. The number of nitrogens with one attached hydrogen (secondary N) is 1. The van der Waals surface area contributed by atoms with E-state index >= 15 is 0 Å². The van der Waals surface area contributed by atoms with Gasteiger partial charge in [-0.2, -0.15) is 0 Å². The van der Waals surface area contributed by atoms with E-state index in [0.717, 1.165) is 30.7 Å². The summed E-state index contributed by atoms with van der Waals surface area (Å²) in [5.74, 6) is 1.25. The summed E-state index contributed by atoms with van der Waals surface area (Å²) in [6.45, 7) is 5.95. The number of benzene rings is 1. The molecule has 0 fully saturated rings. The Kier molecular flexibility index (Phi) is 8.26. The first-order chi connectivity index (χ1) is 9.65. The van der Waals surface area contributed by atoms with Gasteiger partial charge in [0.2, 0.25) is 0 Å². The molecule has 0 aliphatic heterocycles. The van der Waals surface area contributed by atoms with Crippen LogP contribution in [0.5, 0.6) is 5.75 Å². The van der Waals surface area contributed by atoms with E-state index in [2.05, 4.69) is 12.2 Å². The van der Waals surface area contributed by atoms with Crippen molar-refractivity contribution in [3.05, 3.63) is 29.8 Å². The summed E-state index contributed by atoms with van der Waals surface area (Å²) >= 11 is 0. The number of rotatable bonds is 10. The van der Waals surface area contributed by atoms with Crippen LogP contribution in [0.15, 0.2) is 24.3 Å². The predicted octanol–water partition coefficient (Wildman–Crippen LogP) is 1.73. The van der Waals surface area contributed by atoms with Gasteiger partial charge in [-0.1, -0.05) is 25.5 Å². The normalized spacial score (nSPS) is 14.0. The molecule has 1 aromatic rings. The summed E-state index contributed by atoms with van der Waals surface area (Å²) in [5.41, 5.74) is 1.14. The number of aliphatic hydroxyl groups is 2. The lowest BCUT2D eigenvalue weighted by molar-refractivity contribution is 0.105. The highest BCUT2D eigenvalue weighted by Crippen LogP contribution is 2.12. The van der Waals surface area contributed by atoms with E-state index in [1.807, 2.05) is 31.2 Å². The molecular formula is C16H27NO3. The maximum absolute atomic E-state index is 9.86. The van der Waals surface area contributed by atoms with Crippen molar-refractivity contribution >= 4 is 0 Å². The molecule has 1 aromatic carbocycles. The summed E-state index contributed by atoms with van der Waals surface area (Å²) in [6, 6.07) is 7.79. The van der Waals surface area contributed by atoms with E-state index in [-0.39, 0.29) is 13.2 Å². The van der Waals surface area contributed by atoms with Gasteiger partial charge in [-0.3, -0.25) is 0 Å². The Hall–Kier alpha value is -1.10. The quantitative estimate of drug-likeness (QED) is 0.611. The van der Waals surface area contributed by atoms with Crippen LogP contribution in [-0.2, 0) is 0 Å². The van der Waals surface area contributed by atoms with Crippen LogP contribution in [0.2, 0.25) is 0 Å². The van der Waals surface area contributed by atoms with Crippen LogP contribution in [0.25, 0.3) is 0 Å². The standard InChI is InChI=1S/C16H27NO3/c1-3-14(7-8-18)10-17-11-15(19)12-20-16-6-4-5-13(2)9-16/h4-6,9,14-15,17-19H,3,7-8,10-12H2,1-2H3. The van der Waals surface area contributed by atoms with Crippen LogP contribution in [0.4, 0.5) is 0 Å². The van der Waals surface area contributed by atoms with Gasteiger partial charge in [0.05, 0.1) is 0 Å². The Morgan fingerprint density at radius 3 is 2.75 bits per heavy atom. The highest BCUT2D eigenvalue weighted by atomic mass is 16.5. The lowest BCUT2D eigenvalue weighted by Gasteiger charge is -2.17. The fraction of sp³-hybridized carbons (Fsp3) is 0.625. The molecule has 20 heavy (non-hydrogen) atoms. The first-order valence-electron chi connectivity index (χ1n) is 7.34. The van der Waals surface area contributed by atoms with Crippen molar-refractivity contribution in [1.29, 1.82) is 0 Å². The summed E-state index contributed by atoms with van der Waals surface area (Å²) in [5, 5.41) is 22.0. The molecule has 0 aliphatic carbocycles. The molecule has 1 rings (SSSR count). The number of aliphatic hydroxyl groups excluding tert-OH is 2. The fourth-order valence-corrected chi connectivity index (χ4v) is 2.04. The number of ether oxygens (including phenoxy) is 1. The molecule has 4 heteroatoms. The number of aryl methyl sites for hydroxylation is 1. The lowest BCUT2D eigenvalue weighted by Crippen LogP contribution is -2.34. The van der Waals surface area contributed by atoms with Crippen molar-refractivity contribution < 1.29 is 14.9 Å². The van der Waals surface area contributed by atoms with Gasteiger partial charge >= 0.3 is 0 Å². The van der Waals surface area contributed by atoms with Crippen molar-refractivity contribution in [2.75, 3.05) is 26.3 Å². The maximum atomic E-state index is 9.86. The smallest absolute Gasteiger partial charge is 0.119 e. The monoisotopic (exact) mass is 281 g/mol. The van der Waals surface area contributed by atoms with Crippen LogP contribution >= 0.6 is 0 Å². The van der Waals surface area contributed by atoms with Gasteiger partial charge in [0, 0.05) is 13.2 Å². The van der Waals surface area contributed by atoms with Gasteiger partial charge in [0.1, 0.15) is 18.5 Å². The van der Waals surface area contributed by atoms with Gasteiger partial charge in [-0.25, -0.2) is 0 Å². The average molecular weight is 281 g/mol. The average Bonchev–Trinajstić information content (AvgIpc) is 2.44. The molecule has 114 valence electrons. The molecule has 0 heterocycles. The first kappa shape index (κ1) is 17.0. The van der Waals surface area contributed by atoms with Crippen LogP contribution in [0, 0.1) is 12.8 Å². The summed E-state index contributed by atoms with van der Waals surface area (Å²) in [7, 11) is 0. The van der Waals surface area contributed by atoms with E-state index in [1.54, 1.807) is 0 Å². The molecule has 2 atom stereocenters. The zero-order chi connectivity index (χ0) is 14.8. The second kappa shape index (κ2) is 9.75. The molecule has 0 radical (unpaired) electrons. The molecule has 0 aromatic heterocycles. The van der Waals surface area contributed by atoms with Gasteiger partial charge in [-0.15, -0.1) is 0 Å². The minimum absolute atomic E-state index is 0.221. The Labute approximate surface area is 121 Å². The van der Waals surface area contributed by atoms with E-state index in [1.165, 1.54) is 0 Å². The highest BCUT2D eigenvalue weighted by Gasteiger charge is 2.08.